The summed E-state index contributed by atoms with van der Waals surface area (Å²) >= 11 is 0. The number of carbonyl (C=O) groups is 1. The van der Waals surface area contributed by atoms with Crippen LogP contribution < -0.4 is 11.5 Å². The number of nitrogens with two attached hydrogens (primary N) is 2. The molecule has 1 aromatic carbocycles. The topological polar surface area (TPSA) is 128 Å². The molecule has 9 heteroatoms. The van der Waals surface area contributed by atoms with E-state index in [4.69, 9.17) is 25.9 Å². The Labute approximate surface area is 207 Å². The molecule has 0 fully saturated rings. The molecule has 0 saturated heterocycles. The highest BCUT2D eigenvalue weighted by atomic mass is 16.5. The highest BCUT2D eigenvalue weighted by Gasteiger charge is 2.25. The molecule has 0 aliphatic rings. The van der Waals surface area contributed by atoms with Gasteiger partial charge in [0.05, 0.1) is 36.4 Å². The maximum absolute atomic E-state index is 9.82. The number of pyridine rings is 1. The van der Waals surface area contributed by atoms with Gasteiger partial charge in [0.25, 0.3) is 0 Å². The first-order valence-corrected chi connectivity index (χ1v) is 11.9. The van der Waals surface area contributed by atoms with Crippen molar-refractivity contribution in [2.24, 2.45) is 5.73 Å². The van der Waals surface area contributed by atoms with E-state index < -0.39 is 5.60 Å². The Morgan fingerprint density at radius 1 is 1.20 bits per heavy atom. The van der Waals surface area contributed by atoms with E-state index in [1.54, 1.807) is 6.92 Å². The van der Waals surface area contributed by atoms with Crippen molar-refractivity contribution in [3.8, 4) is 0 Å². The average molecular weight is 486 g/mol. The predicted octanol–water partition coefficient (Wildman–Crippen LogP) is 4.06. The van der Waals surface area contributed by atoms with Crippen molar-refractivity contribution in [3.05, 3.63) is 35.7 Å². The smallest absolute Gasteiger partial charge is 0.302 e. The summed E-state index contributed by atoms with van der Waals surface area (Å²) in [6.07, 6.45) is 4.05. The van der Waals surface area contributed by atoms with Gasteiger partial charge in [0.2, 0.25) is 0 Å². The largest absolute Gasteiger partial charge is 0.466 e. The molecule has 3 rings (SSSR count). The number of rotatable bonds is 10. The number of hydrogen-bond donors (Lipinski definition) is 2. The standard InChI is InChI=1S/C22H31N5O2.C4H8O2/c1-5-7-15-8-9-16-17(12-15)25-21(24)19-20(16)27(18(26-19)13-28-6-2)14-22(3,4)29-11-10-23;1-3-6-4(2)5/h5,7-9,12H,6,10-11,13-14,23H2,1-4H3,(H2,24,25);3H2,1-2H3/b7-5+;. The molecule has 0 atom stereocenters. The molecule has 0 unspecified atom stereocenters. The van der Waals surface area contributed by atoms with Gasteiger partial charge in [-0.2, -0.15) is 0 Å². The van der Waals surface area contributed by atoms with Crippen molar-refractivity contribution in [2.45, 2.75) is 60.3 Å². The molecule has 0 aliphatic carbocycles. The van der Waals surface area contributed by atoms with Crippen molar-refractivity contribution in [2.75, 3.05) is 32.1 Å². The second-order valence-electron chi connectivity index (χ2n) is 8.54. The lowest BCUT2D eigenvalue weighted by molar-refractivity contribution is -0.140. The highest BCUT2D eigenvalue weighted by Crippen LogP contribution is 2.31. The Morgan fingerprint density at radius 2 is 1.94 bits per heavy atom. The van der Waals surface area contributed by atoms with Gasteiger partial charge in [-0.25, -0.2) is 9.97 Å². The maximum atomic E-state index is 9.82. The zero-order valence-electron chi connectivity index (χ0n) is 21.8. The van der Waals surface area contributed by atoms with Crippen molar-refractivity contribution in [1.29, 1.82) is 0 Å². The van der Waals surface area contributed by atoms with Gasteiger partial charge in [0.1, 0.15) is 17.9 Å². The third-order valence-electron chi connectivity index (χ3n) is 5.10. The summed E-state index contributed by atoms with van der Waals surface area (Å²) in [6.45, 7) is 14.3. The van der Waals surface area contributed by atoms with E-state index >= 15 is 0 Å². The van der Waals surface area contributed by atoms with Crippen molar-refractivity contribution in [1.82, 2.24) is 14.5 Å². The number of nitrogens with zero attached hydrogens (tertiary/aromatic N) is 3. The van der Waals surface area contributed by atoms with Crippen LogP contribution in [-0.2, 0) is 32.2 Å². The Morgan fingerprint density at radius 3 is 2.51 bits per heavy atom. The van der Waals surface area contributed by atoms with Gasteiger partial charge >= 0.3 is 5.97 Å². The van der Waals surface area contributed by atoms with E-state index in [9.17, 15) is 4.79 Å². The summed E-state index contributed by atoms with van der Waals surface area (Å²) in [5.41, 5.74) is 15.1. The zero-order valence-corrected chi connectivity index (χ0v) is 21.8. The van der Waals surface area contributed by atoms with Gasteiger partial charge in [-0.3, -0.25) is 4.79 Å². The summed E-state index contributed by atoms with van der Waals surface area (Å²) < 4.78 is 18.2. The molecule has 2 heterocycles. The fourth-order valence-electron chi connectivity index (χ4n) is 3.71. The molecule has 2 aromatic heterocycles. The predicted molar refractivity (Wildman–Crippen MR) is 141 cm³/mol. The van der Waals surface area contributed by atoms with Crippen LogP contribution in [-0.4, -0.2) is 52.5 Å². The quantitative estimate of drug-likeness (QED) is 0.412. The lowest BCUT2D eigenvalue weighted by Crippen LogP contribution is -2.33. The molecular weight excluding hydrogens is 446 g/mol. The first kappa shape index (κ1) is 28.2. The minimum atomic E-state index is -0.427. The van der Waals surface area contributed by atoms with Crippen LogP contribution in [0, 0.1) is 0 Å². The van der Waals surface area contributed by atoms with E-state index in [1.807, 2.05) is 32.1 Å². The number of fused-ring (bicyclic) bond motifs is 3. The summed E-state index contributed by atoms with van der Waals surface area (Å²) in [4.78, 5) is 19.2. The van der Waals surface area contributed by atoms with Crippen LogP contribution in [0.3, 0.4) is 0 Å². The second-order valence-corrected chi connectivity index (χ2v) is 8.54. The average Bonchev–Trinajstić information content (AvgIpc) is 3.15. The van der Waals surface area contributed by atoms with Crippen LogP contribution in [0.5, 0.6) is 0 Å². The van der Waals surface area contributed by atoms with Crippen LogP contribution in [0.25, 0.3) is 28.0 Å². The van der Waals surface area contributed by atoms with E-state index in [-0.39, 0.29) is 5.97 Å². The van der Waals surface area contributed by atoms with Gasteiger partial charge in [0.15, 0.2) is 5.82 Å². The first-order valence-electron chi connectivity index (χ1n) is 11.9. The minimum Gasteiger partial charge on any atom is -0.466 e. The van der Waals surface area contributed by atoms with Crippen molar-refractivity contribution in [3.63, 3.8) is 0 Å². The van der Waals surface area contributed by atoms with Crippen LogP contribution in [0.4, 0.5) is 5.82 Å². The number of benzene rings is 1. The summed E-state index contributed by atoms with van der Waals surface area (Å²) in [6, 6.07) is 6.20. The van der Waals surface area contributed by atoms with Crippen molar-refractivity contribution < 1.29 is 19.0 Å². The number of imidazole rings is 1. The third kappa shape index (κ3) is 7.74. The molecule has 3 aromatic rings. The molecule has 0 amide bonds. The number of carbonyl (C=O) groups excluding carboxylic acids is 1. The van der Waals surface area contributed by atoms with Gasteiger partial charge in [-0.1, -0.05) is 24.3 Å². The Bertz CT molecular complexity index is 1150. The second kappa shape index (κ2) is 13.2. The highest BCUT2D eigenvalue weighted by molar-refractivity contribution is 6.07. The number of nitrogen functional groups attached to an aromatic ring is 1. The molecule has 0 bridgehead atoms. The monoisotopic (exact) mass is 485 g/mol. The molecule has 0 aliphatic heterocycles. The molecule has 192 valence electrons. The number of esters is 1. The molecule has 9 nitrogen and oxygen atoms in total. The Balaban J connectivity index is 0.000000641. The Kier molecular flexibility index (Phi) is 10.6. The van der Waals surface area contributed by atoms with Gasteiger partial charge in [-0.05, 0) is 46.2 Å². The molecule has 4 N–H and O–H groups in total. The number of allylic oxidation sites excluding steroid dienone is 1. The fraction of sp³-hybridized carbons (Fsp3) is 0.500. The Hall–Kier alpha value is -3.01. The normalized spacial score (nSPS) is 11.7. The molecule has 35 heavy (non-hydrogen) atoms. The lowest BCUT2D eigenvalue weighted by Gasteiger charge is -2.27. The third-order valence-corrected chi connectivity index (χ3v) is 5.10. The molecular formula is C26H39N5O4. The summed E-state index contributed by atoms with van der Waals surface area (Å²) in [5, 5.41) is 1.01. The zero-order chi connectivity index (χ0) is 26.0. The first-order chi connectivity index (χ1) is 16.7. The van der Waals surface area contributed by atoms with Crippen LogP contribution in [0.2, 0.25) is 0 Å². The van der Waals surface area contributed by atoms with Gasteiger partial charge < -0.3 is 30.2 Å². The van der Waals surface area contributed by atoms with E-state index in [1.165, 1.54) is 6.92 Å². The van der Waals surface area contributed by atoms with Crippen LogP contribution in [0.15, 0.2) is 24.3 Å². The molecule has 0 radical (unpaired) electrons. The number of hydrogen-bond acceptors (Lipinski definition) is 8. The van der Waals surface area contributed by atoms with Crippen molar-refractivity contribution >= 4 is 39.8 Å². The van der Waals surface area contributed by atoms with E-state index in [0.29, 0.717) is 50.9 Å². The number of aromatic nitrogens is 3. The molecule has 0 saturated carbocycles. The van der Waals surface area contributed by atoms with Gasteiger partial charge in [0, 0.05) is 25.5 Å². The molecule has 0 spiro atoms. The minimum absolute atomic E-state index is 0.211. The summed E-state index contributed by atoms with van der Waals surface area (Å²) in [7, 11) is 0. The lowest BCUT2D eigenvalue weighted by atomic mass is 10.1. The SMILES string of the molecule is C/C=C/c1ccc2c(c1)nc(N)c1nc(COCC)n(CC(C)(C)OCCN)c12.CCOC(C)=O. The number of ether oxygens (including phenoxy) is 3. The number of anilines is 1. The van der Waals surface area contributed by atoms with E-state index in [0.717, 1.165) is 27.8 Å². The fourth-order valence-corrected chi connectivity index (χ4v) is 3.71. The summed E-state index contributed by atoms with van der Waals surface area (Å²) in [5.74, 6) is 1.02. The van der Waals surface area contributed by atoms with Crippen LogP contribution in [0.1, 0.15) is 52.9 Å². The maximum Gasteiger partial charge on any atom is 0.302 e. The van der Waals surface area contributed by atoms with Gasteiger partial charge in [-0.15, -0.1) is 0 Å². The van der Waals surface area contributed by atoms with Crippen LogP contribution >= 0.6 is 0 Å². The van der Waals surface area contributed by atoms with E-state index in [2.05, 4.69) is 40.3 Å².